The minimum absolute atomic E-state index is 0. The summed E-state index contributed by atoms with van der Waals surface area (Å²) in [4.78, 5) is 16.0. The van der Waals surface area contributed by atoms with Crippen molar-refractivity contribution in [3.63, 3.8) is 0 Å². The number of halogens is 2. The molecule has 3 rings (SSSR count). The summed E-state index contributed by atoms with van der Waals surface area (Å²) in [7, 11) is 0. The Bertz CT molecular complexity index is 682. The van der Waals surface area contributed by atoms with Crippen LogP contribution in [0.4, 0.5) is 4.39 Å². The lowest BCUT2D eigenvalue weighted by Gasteiger charge is -2.12. The van der Waals surface area contributed by atoms with Gasteiger partial charge in [0.15, 0.2) is 0 Å². The van der Waals surface area contributed by atoms with Crippen LogP contribution in [0.2, 0.25) is 0 Å². The molecule has 124 valence electrons. The normalized spacial score (nSPS) is 16.9. The number of benzene rings is 1. The molecule has 1 amide bonds. The van der Waals surface area contributed by atoms with Crippen LogP contribution in [-0.2, 0) is 11.3 Å². The molecule has 7 heteroatoms. The van der Waals surface area contributed by atoms with Crippen LogP contribution < -0.4 is 10.6 Å². The summed E-state index contributed by atoms with van der Waals surface area (Å²) in [5.41, 5.74) is 1.20. The van der Waals surface area contributed by atoms with Crippen molar-refractivity contribution in [2.45, 2.75) is 32.4 Å². The number of hydrogen-bond acceptors (Lipinski definition) is 3. The summed E-state index contributed by atoms with van der Waals surface area (Å²) in [6.07, 6.45) is 5.24. The smallest absolute Gasteiger partial charge is 0.237 e. The third-order valence-corrected chi connectivity index (χ3v) is 3.94. The van der Waals surface area contributed by atoms with Crippen LogP contribution in [0, 0.1) is 12.7 Å². The van der Waals surface area contributed by atoms with E-state index in [0.717, 1.165) is 30.8 Å². The molecule has 1 aromatic carbocycles. The maximum absolute atomic E-state index is 14.2. The number of rotatable bonds is 4. The Morgan fingerprint density at radius 2 is 2.35 bits per heavy atom. The maximum atomic E-state index is 14.2. The zero-order valence-corrected chi connectivity index (χ0v) is 13.7. The lowest BCUT2D eigenvalue weighted by molar-refractivity contribution is -0.122. The number of aryl methyl sites for hydroxylation is 1. The lowest BCUT2D eigenvalue weighted by Crippen LogP contribution is -2.40. The SMILES string of the molecule is Cc1nccn1-c1ccc(CNC(=O)C2CCCN2)cc1F.Cl. The van der Waals surface area contributed by atoms with Gasteiger partial charge in [-0.1, -0.05) is 6.07 Å². The molecule has 0 bridgehead atoms. The number of carbonyl (C=O) groups excluding carboxylic acids is 1. The van der Waals surface area contributed by atoms with Gasteiger partial charge in [-0.05, 0) is 44.0 Å². The van der Waals surface area contributed by atoms with Crippen molar-refractivity contribution in [2.24, 2.45) is 0 Å². The first kappa shape index (κ1) is 17.4. The Hall–Kier alpha value is -1.92. The average Bonchev–Trinajstić information content (AvgIpc) is 3.16. The van der Waals surface area contributed by atoms with E-state index in [1.165, 1.54) is 6.07 Å². The van der Waals surface area contributed by atoms with Crippen molar-refractivity contribution in [2.75, 3.05) is 6.54 Å². The minimum atomic E-state index is -0.327. The highest BCUT2D eigenvalue weighted by atomic mass is 35.5. The van der Waals surface area contributed by atoms with E-state index < -0.39 is 0 Å². The highest BCUT2D eigenvalue weighted by molar-refractivity contribution is 5.85. The fourth-order valence-electron chi connectivity index (χ4n) is 2.71. The molecule has 1 saturated heterocycles. The molecule has 1 aliphatic heterocycles. The Morgan fingerprint density at radius 1 is 1.52 bits per heavy atom. The molecule has 0 radical (unpaired) electrons. The van der Waals surface area contributed by atoms with Gasteiger partial charge in [-0.25, -0.2) is 9.37 Å². The number of nitrogens with zero attached hydrogens (tertiary/aromatic N) is 2. The van der Waals surface area contributed by atoms with Crippen LogP contribution in [0.25, 0.3) is 5.69 Å². The first-order valence-electron chi connectivity index (χ1n) is 7.45. The van der Waals surface area contributed by atoms with Crippen molar-refractivity contribution >= 4 is 18.3 Å². The number of amides is 1. The van der Waals surface area contributed by atoms with E-state index in [0.29, 0.717) is 12.2 Å². The predicted octanol–water partition coefficient (Wildman–Crippen LogP) is 2.11. The number of carbonyl (C=O) groups is 1. The molecule has 1 fully saturated rings. The largest absolute Gasteiger partial charge is 0.351 e. The minimum Gasteiger partial charge on any atom is -0.351 e. The predicted molar refractivity (Wildman–Crippen MR) is 88.4 cm³/mol. The highest BCUT2D eigenvalue weighted by Crippen LogP contribution is 2.17. The Balaban J connectivity index is 0.00000192. The number of hydrogen-bond donors (Lipinski definition) is 2. The van der Waals surface area contributed by atoms with Crippen molar-refractivity contribution in [3.8, 4) is 5.69 Å². The standard InChI is InChI=1S/C16H19FN4O.ClH/c1-11-18-7-8-21(11)15-5-4-12(9-13(15)17)10-20-16(22)14-3-2-6-19-14;/h4-5,7-9,14,19H,2-3,6,10H2,1H3,(H,20,22);1H. The molecule has 2 aromatic rings. The molecule has 0 spiro atoms. The third kappa shape index (κ3) is 3.89. The van der Waals surface area contributed by atoms with E-state index in [9.17, 15) is 9.18 Å². The summed E-state index contributed by atoms with van der Waals surface area (Å²) >= 11 is 0. The van der Waals surface area contributed by atoms with Crippen LogP contribution in [0.1, 0.15) is 24.2 Å². The molecule has 1 aliphatic rings. The van der Waals surface area contributed by atoms with E-state index >= 15 is 0 Å². The molecule has 23 heavy (non-hydrogen) atoms. The van der Waals surface area contributed by atoms with Gasteiger partial charge in [0.25, 0.3) is 0 Å². The van der Waals surface area contributed by atoms with Gasteiger partial charge in [0.05, 0.1) is 11.7 Å². The van der Waals surface area contributed by atoms with Crippen molar-refractivity contribution < 1.29 is 9.18 Å². The van der Waals surface area contributed by atoms with Crippen molar-refractivity contribution in [3.05, 3.63) is 47.8 Å². The molecule has 0 aliphatic carbocycles. The summed E-state index contributed by atoms with van der Waals surface area (Å²) in [6, 6.07) is 4.87. The van der Waals surface area contributed by atoms with Gasteiger partial charge < -0.3 is 15.2 Å². The van der Waals surface area contributed by atoms with Gasteiger partial charge in [0.2, 0.25) is 5.91 Å². The zero-order valence-electron chi connectivity index (χ0n) is 12.9. The van der Waals surface area contributed by atoms with Crippen molar-refractivity contribution in [1.82, 2.24) is 20.2 Å². The van der Waals surface area contributed by atoms with Crippen LogP contribution in [-0.4, -0.2) is 28.0 Å². The van der Waals surface area contributed by atoms with Gasteiger partial charge in [-0.3, -0.25) is 4.79 Å². The van der Waals surface area contributed by atoms with E-state index in [-0.39, 0.29) is 30.2 Å². The van der Waals surface area contributed by atoms with Crippen LogP contribution in [0.15, 0.2) is 30.6 Å². The monoisotopic (exact) mass is 338 g/mol. The first-order chi connectivity index (χ1) is 10.6. The van der Waals surface area contributed by atoms with E-state index in [1.54, 1.807) is 23.0 Å². The Morgan fingerprint density at radius 3 is 2.96 bits per heavy atom. The van der Waals surface area contributed by atoms with Crippen LogP contribution in [0.5, 0.6) is 0 Å². The average molecular weight is 339 g/mol. The number of imidazole rings is 1. The molecular weight excluding hydrogens is 319 g/mol. The summed E-state index contributed by atoms with van der Waals surface area (Å²) < 4.78 is 15.9. The highest BCUT2D eigenvalue weighted by Gasteiger charge is 2.21. The van der Waals surface area contributed by atoms with Gasteiger partial charge in [0, 0.05) is 18.9 Å². The second-order valence-electron chi connectivity index (χ2n) is 5.50. The fraction of sp³-hybridized carbons (Fsp3) is 0.375. The van der Waals surface area contributed by atoms with E-state index in [4.69, 9.17) is 0 Å². The first-order valence-corrected chi connectivity index (χ1v) is 7.45. The molecule has 1 atom stereocenters. The van der Waals surface area contributed by atoms with Gasteiger partial charge >= 0.3 is 0 Å². The molecule has 1 unspecified atom stereocenters. The second-order valence-corrected chi connectivity index (χ2v) is 5.50. The molecule has 1 aromatic heterocycles. The number of nitrogens with one attached hydrogen (secondary N) is 2. The molecule has 5 nitrogen and oxygen atoms in total. The lowest BCUT2D eigenvalue weighted by atomic mass is 10.1. The molecular formula is C16H20ClFN4O. The third-order valence-electron chi connectivity index (χ3n) is 3.94. The van der Waals surface area contributed by atoms with E-state index in [1.807, 2.05) is 13.0 Å². The fourth-order valence-corrected chi connectivity index (χ4v) is 2.71. The number of aromatic nitrogens is 2. The Kier molecular flexibility index (Phi) is 5.74. The molecule has 2 heterocycles. The van der Waals surface area contributed by atoms with E-state index in [2.05, 4.69) is 15.6 Å². The maximum Gasteiger partial charge on any atom is 0.237 e. The van der Waals surface area contributed by atoms with Crippen LogP contribution in [0.3, 0.4) is 0 Å². The summed E-state index contributed by atoms with van der Waals surface area (Å²) in [5.74, 6) is 0.381. The van der Waals surface area contributed by atoms with Gasteiger partial charge in [-0.2, -0.15) is 0 Å². The van der Waals surface area contributed by atoms with Crippen LogP contribution >= 0.6 is 12.4 Å². The summed E-state index contributed by atoms with van der Waals surface area (Å²) in [5, 5.41) is 5.99. The van der Waals surface area contributed by atoms with Gasteiger partial charge in [0.1, 0.15) is 11.6 Å². The van der Waals surface area contributed by atoms with Gasteiger partial charge in [-0.15, -0.1) is 12.4 Å². The topological polar surface area (TPSA) is 59.0 Å². The zero-order chi connectivity index (χ0) is 15.5. The summed E-state index contributed by atoms with van der Waals surface area (Å²) in [6.45, 7) is 3.03. The molecule has 0 saturated carbocycles. The molecule has 2 N–H and O–H groups in total. The quantitative estimate of drug-likeness (QED) is 0.897. The second kappa shape index (κ2) is 7.57. The Labute approximate surface area is 140 Å². The van der Waals surface area contributed by atoms with Crippen molar-refractivity contribution in [1.29, 1.82) is 0 Å².